The zero-order chi connectivity index (χ0) is 21.0. The van der Waals surface area contributed by atoms with Crippen molar-refractivity contribution in [3.8, 4) is 0 Å². The summed E-state index contributed by atoms with van der Waals surface area (Å²) >= 11 is 1.22. The minimum Gasteiger partial charge on any atom is -0.477 e. The molecule has 1 aromatic heterocycles. The standard InChI is InChI=1S/C12H18N2O4S2.C2HF3O2/c1-9-6-13(3-4-14(9)20(2,17)18)7-10-5-11(12(15)16)19-8-10;3-2(4,5)1(6)7/h5,8-9H,3-4,6-7H2,1-2H3,(H,15,16);(H,6,7)/t9-;/m1./s1. The molecule has 0 saturated carbocycles. The van der Waals surface area contributed by atoms with Crippen LogP contribution in [0.25, 0.3) is 0 Å². The van der Waals surface area contributed by atoms with Gasteiger partial charge in [0.1, 0.15) is 4.88 Å². The second kappa shape index (κ2) is 8.99. The summed E-state index contributed by atoms with van der Waals surface area (Å²) in [7, 11) is -3.15. The molecule has 27 heavy (non-hydrogen) atoms. The summed E-state index contributed by atoms with van der Waals surface area (Å²) in [5, 5.41) is 17.9. The predicted octanol–water partition coefficient (Wildman–Crippen LogP) is 1.55. The average Bonchev–Trinajstić information content (AvgIpc) is 2.94. The van der Waals surface area contributed by atoms with Crippen molar-refractivity contribution in [2.75, 3.05) is 25.9 Å². The largest absolute Gasteiger partial charge is 0.490 e. The number of hydrogen-bond acceptors (Lipinski definition) is 6. The maximum Gasteiger partial charge on any atom is 0.490 e. The molecule has 2 rings (SSSR count). The predicted molar refractivity (Wildman–Crippen MR) is 91.3 cm³/mol. The average molecular weight is 432 g/mol. The first-order chi connectivity index (χ1) is 12.2. The number of carboxylic acids is 2. The van der Waals surface area contributed by atoms with E-state index in [4.69, 9.17) is 15.0 Å². The molecule has 2 heterocycles. The highest BCUT2D eigenvalue weighted by Crippen LogP contribution is 2.19. The van der Waals surface area contributed by atoms with E-state index < -0.39 is 28.1 Å². The summed E-state index contributed by atoms with van der Waals surface area (Å²) in [5.74, 6) is -3.66. The number of alkyl halides is 3. The fraction of sp³-hybridized carbons (Fsp3) is 0.571. The zero-order valence-corrected chi connectivity index (χ0v) is 16.1. The Morgan fingerprint density at radius 1 is 1.30 bits per heavy atom. The van der Waals surface area contributed by atoms with E-state index in [2.05, 4.69) is 4.90 Å². The summed E-state index contributed by atoms with van der Waals surface area (Å²) < 4.78 is 56.4. The van der Waals surface area contributed by atoms with Crippen LogP contribution in [0.15, 0.2) is 11.4 Å². The molecule has 1 atom stereocenters. The van der Waals surface area contributed by atoms with Crippen molar-refractivity contribution in [1.29, 1.82) is 0 Å². The number of rotatable bonds is 4. The van der Waals surface area contributed by atoms with Gasteiger partial charge in [0, 0.05) is 32.2 Å². The molecule has 0 radical (unpaired) electrons. The van der Waals surface area contributed by atoms with Crippen LogP contribution in [0.5, 0.6) is 0 Å². The fourth-order valence-corrected chi connectivity index (χ4v) is 4.36. The number of carbonyl (C=O) groups is 2. The van der Waals surface area contributed by atoms with Gasteiger partial charge in [0.15, 0.2) is 0 Å². The highest BCUT2D eigenvalue weighted by Gasteiger charge is 2.38. The number of halogens is 3. The van der Waals surface area contributed by atoms with Gasteiger partial charge in [-0.2, -0.15) is 17.5 Å². The second-order valence-corrected chi connectivity index (χ2v) is 8.73. The normalized spacial score (nSPS) is 19.2. The van der Waals surface area contributed by atoms with Crippen LogP contribution in [-0.2, 0) is 21.4 Å². The van der Waals surface area contributed by atoms with Crippen molar-refractivity contribution in [3.63, 3.8) is 0 Å². The summed E-state index contributed by atoms with van der Waals surface area (Å²) in [5.41, 5.74) is 0.965. The Labute approximate surface area is 157 Å². The Morgan fingerprint density at radius 2 is 1.85 bits per heavy atom. The molecule has 8 nitrogen and oxygen atoms in total. The minimum absolute atomic E-state index is 0.0590. The van der Waals surface area contributed by atoms with E-state index in [9.17, 15) is 26.4 Å². The van der Waals surface area contributed by atoms with E-state index in [1.165, 1.54) is 21.9 Å². The van der Waals surface area contributed by atoms with E-state index in [1.54, 1.807) is 6.07 Å². The summed E-state index contributed by atoms with van der Waals surface area (Å²) in [4.78, 5) is 22.2. The van der Waals surface area contributed by atoms with Crippen molar-refractivity contribution in [1.82, 2.24) is 9.21 Å². The molecule has 1 aliphatic rings. The summed E-state index contributed by atoms with van der Waals surface area (Å²) in [6, 6.07) is 1.62. The third-order valence-electron chi connectivity index (χ3n) is 3.59. The molecule has 0 unspecified atom stereocenters. The number of carboxylic acid groups (broad SMARTS) is 2. The molecule has 1 aromatic rings. The van der Waals surface area contributed by atoms with Gasteiger partial charge in [0.2, 0.25) is 10.0 Å². The van der Waals surface area contributed by atoms with Crippen molar-refractivity contribution in [2.45, 2.75) is 25.7 Å². The van der Waals surface area contributed by atoms with E-state index in [0.717, 1.165) is 5.56 Å². The fourth-order valence-electron chi connectivity index (χ4n) is 2.48. The molecule has 0 spiro atoms. The van der Waals surface area contributed by atoms with Crippen molar-refractivity contribution >= 4 is 33.3 Å². The summed E-state index contributed by atoms with van der Waals surface area (Å²) in [6.07, 6.45) is -3.85. The molecule has 1 saturated heterocycles. The maximum absolute atomic E-state index is 11.6. The molecule has 0 aliphatic carbocycles. The van der Waals surface area contributed by atoms with E-state index in [0.29, 0.717) is 31.1 Å². The van der Waals surface area contributed by atoms with Crippen LogP contribution in [-0.4, -0.2) is 77.9 Å². The van der Waals surface area contributed by atoms with E-state index in [-0.39, 0.29) is 6.04 Å². The lowest BCUT2D eigenvalue weighted by Gasteiger charge is -2.38. The van der Waals surface area contributed by atoms with Crippen molar-refractivity contribution in [2.24, 2.45) is 0 Å². The Kier molecular flexibility index (Phi) is 7.77. The third kappa shape index (κ3) is 7.44. The number of sulfonamides is 1. The van der Waals surface area contributed by atoms with Crippen LogP contribution < -0.4 is 0 Å². The van der Waals surface area contributed by atoms with Gasteiger partial charge in [0.05, 0.1) is 6.26 Å². The number of aromatic carboxylic acids is 1. The molecule has 0 bridgehead atoms. The van der Waals surface area contributed by atoms with Crippen LogP contribution in [0, 0.1) is 0 Å². The smallest absolute Gasteiger partial charge is 0.477 e. The Morgan fingerprint density at radius 3 is 2.22 bits per heavy atom. The van der Waals surface area contributed by atoms with Gasteiger partial charge in [-0.3, -0.25) is 4.90 Å². The third-order valence-corrected chi connectivity index (χ3v) is 5.95. The first kappa shape index (κ1) is 23.3. The monoisotopic (exact) mass is 432 g/mol. The van der Waals surface area contributed by atoms with E-state index >= 15 is 0 Å². The van der Waals surface area contributed by atoms with Crippen LogP contribution >= 0.6 is 11.3 Å². The summed E-state index contributed by atoms with van der Waals surface area (Å²) in [6.45, 7) is 4.35. The highest BCUT2D eigenvalue weighted by atomic mass is 32.2. The lowest BCUT2D eigenvalue weighted by molar-refractivity contribution is -0.192. The second-order valence-electron chi connectivity index (χ2n) is 5.89. The number of thiophene rings is 1. The molecule has 1 aliphatic heterocycles. The van der Waals surface area contributed by atoms with Gasteiger partial charge in [-0.1, -0.05) is 0 Å². The molecule has 154 valence electrons. The van der Waals surface area contributed by atoms with Gasteiger partial charge < -0.3 is 10.2 Å². The van der Waals surface area contributed by atoms with Crippen LogP contribution in [0.4, 0.5) is 13.2 Å². The minimum atomic E-state index is -5.08. The van der Waals surface area contributed by atoms with Gasteiger partial charge in [-0.25, -0.2) is 18.0 Å². The molecule has 1 fully saturated rings. The van der Waals surface area contributed by atoms with Crippen molar-refractivity contribution in [3.05, 3.63) is 21.9 Å². The highest BCUT2D eigenvalue weighted by molar-refractivity contribution is 7.88. The van der Waals surface area contributed by atoms with Gasteiger partial charge >= 0.3 is 18.1 Å². The molecule has 2 N–H and O–H groups in total. The molecule has 0 amide bonds. The van der Waals surface area contributed by atoms with Gasteiger partial charge in [0.25, 0.3) is 0 Å². The van der Waals surface area contributed by atoms with Crippen LogP contribution in [0.2, 0.25) is 0 Å². The Balaban J connectivity index is 0.000000445. The Bertz CT molecular complexity index is 778. The van der Waals surface area contributed by atoms with E-state index in [1.807, 2.05) is 12.3 Å². The molecular weight excluding hydrogens is 413 g/mol. The SMILES string of the molecule is C[C@@H]1CN(Cc2csc(C(=O)O)c2)CCN1S(C)(=O)=O.O=C(O)C(F)(F)F. The lowest BCUT2D eigenvalue weighted by Crippen LogP contribution is -2.53. The quantitative estimate of drug-likeness (QED) is 0.742. The first-order valence-corrected chi connectivity index (χ1v) is 10.2. The lowest BCUT2D eigenvalue weighted by atomic mass is 10.2. The van der Waals surface area contributed by atoms with Crippen LogP contribution in [0.3, 0.4) is 0 Å². The first-order valence-electron chi connectivity index (χ1n) is 7.51. The maximum atomic E-state index is 11.6. The number of aliphatic carboxylic acids is 1. The molecule has 13 heteroatoms. The van der Waals surface area contributed by atoms with Crippen LogP contribution in [0.1, 0.15) is 22.2 Å². The topological polar surface area (TPSA) is 115 Å². The molecular formula is C14H19F3N2O6S2. The number of piperazine rings is 1. The Hall–Kier alpha value is -1.70. The van der Waals surface area contributed by atoms with Gasteiger partial charge in [-0.15, -0.1) is 11.3 Å². The number of nitrogens with zero attached hydrogens (tertiary/aromatic N) is 2. The molecule has 0 aromatic carbocycles. The van der Waals surface area contributed by atoms with Gasteiger partial charge in [-0.05, 0) is 23.9 Å². The zero-order valence-electron chi connectivity index (χ0n) is 14.4. The van der Waals surface area contributed by atoms with Crippen molar-refractivity contribution < 1.29 is 41.4 Å². The number of hydrogen-bond donors (Lipinski definition) is 2.